The zero-order valence-corrected chi connectivity index (χ0v) is 9.71. The van der Waals surface area contributed by atoms with Crippen LogP contribution in [0.3, 0.4) is 0 Å². The fourth-order valence-electron chi connectivity index (χ4n) is 1.10. The van der Waals surface area contributed by atoms with Crippen molar-refractivity contribution >= 4 is 21.6 Å². The molecule has 1 aromatic carbocycles. The van der Waals surface area contributed by atoms with Gasteiger partial charge in [-0.05, 0) is 24.6 Å². The van der Waals surface area contributed by atoms with Crippen molar-refractivity contribution in [1.82, 2.24) is 0 Å². The van der Waals surface area contributed by atoms with Gasteiger partial charge in [-0.1, -0.05) is 22.0 Å². The summed E-state index contributed by atoms with van der Waals surface area (Å²) >= 11 is 3.39. The summed E-state index contributed by atoms with van der Waals surface area (Å²) < 4.78 is 1.02. The first-order valence-corrected chi connectivity index (χ1v) is 5.31. The van der Waals surface area contributed by atoms with E-state index in [1.54, 1.807) is 0 Å². The average molecular weight is 259 g/mol. The van der Waals surface area contributed by atoms with Gasteiger partial charge in [0.15, 0.2) is 0 Å². The Morgan fingerprint density at radius 1 is 1.57 bits per heavy atom. The second-order valence-electron chi connectivity index (χ2n) is 3.23. The Bertz CT molecular complexity index is 304. The monoisotopic (exact) mass is 258 g/mol. The summed E-state index contributed by atoms with van der Waals surface area (Å²) in [5.74, 6) is 0. The van der Waals surface area contributed by atoms with Gasteiger partial charge < -0.3 is 16.2 Å². The number of rotatable bonds is 4. The lowest BCUT2D eigenvalue weighted by molar-refractivity contribution is 0.196. The molecule has 0 bridgehead atoms. The van der Waals surface area contributed by atoms with Crippen LogP contribution < -0.4 is 11.1 Å². The third kappa shape index (κ3) is 3.29. The highest BCUT2D eigenvalue weighted by atomic mass is 79.9. The summed E-state index contributed by atoms with van der Waals surface area (Å²) in [4.78, 5) is 0. The molecule has 1 rings (SSSR count). The van der Waals surface area contributed by atoms with E-state index in [0.717, 1.165) is 15.7 Å². The molecule has 1 atom stereocenters. The van der Waals surface area contributed by atoms with E-state index in [1.807, 2.05) is 25.1 Å². The molecule has 0 aliphatic heterocycles. The number of aliphatic hydroxyl groups is 1. The molecule has 0 saturated carbocycles. The van der Waals surface area contributed by atoms with Crippen LogP contribution in [-0.4, -0.2) is 24.3 Å². The van der Waals surface area contributed by atoms with Crippen LogP contribution in [0.1, 0.15) is 5.56 Å². The number of aryl methyl sites for hydroxylation is 1. The van der Waals surface area contributed by atoms with Crippen molar-refractivity contribution in [2.24, 2.45) is 5.73 Å². The van der Waals surface area contributed by atoms with Crippen LogP contribution >= 0.6 is 15.9 Å². The molecule has 1 aromatic rings. The molecule has 1 unspecified atom stereocenters. The highest BCUT2D eigenvalue weighted by Gasteiger charge is 2.02. The van der Waals surface area contributed by atoms with Crippen LogP contribution in [0.4, 0.5) is 5.69 Å². The first kappa shape index (κ1) is 11.5. The van der Waals surface area contributed by atoms with Gasteiger partial charge in [0, 0.05) is 23.2 Å². The third-order valence-corrected chi connectivity index (χ3v) is 2.49. The van der Waals surface area contributed by atoms with Gasteiger partial charge in [-0.3, -0.25) is 0 Å². The Morgan fingerprint density at radius 3 is 2.93 bits per heavy atom. The molecule has 4 heteroatoms. The van der Waals surface area contributed by atoms with Crippen molar-refractivity contribution < 1.29 is 5.11 Å². The Morgan fingerprint density at radius 2 is 2.29 bits per heavy atom. The number of anilines is 1. The van der Waals surface area contributed by atoms with E-state index in [1.165, 1.54) is 0 Å². The summed E-state index contributed by atoms with van der Waals surface area (Å²) in [7, 11) is 0. The molecular weight excluding hydrogens is 244 g/mol. The lowest BCUT2D eigenvalue weighted by atomic mass is 10.2. The van der Waals surface area contributed by atoms with E-state index in [9.17, 15) is 5.11 Å². The number of nitrogens with one attached hydrogen (secondary N) is 1. The van der Waals surface area contributed by atoms with Gasteiger partial charge in [-0.2, -0.15) is 0 Å². The van der Waals surface area contributed by atoms with Gasteiger partial charge >= 0.3 is 0 Å². The zero-order chi connectivity index (χ0) is 10.6. The van der Waals surface area contributed by atoms with Gasteiger partial charge in [0.1, 0.15) is 0 Å². The minimum absolute atomic E-state index is 0.278. The number of halogens is 1. The Balaban J connectivity index is 2.62. The second kappa shape index (κ2) is 5.34. The molecule has 4 N–H and O–H groups in total. The summed E-state index contributed by atoms with van der Waals surface area (Å²) in [5, 5.41) is 12.4. The molecular formula is C10H15BrN2O. The van der Waals surface area contributed by atoms with Crippen molar-refractivity contribution in [1.29, 1.82) is 0 Å². The van der Waals surface area contributed by atoms with Crippen molar-refractivity contribution in [3.63, 3.8) is 0 Å². The zero-order valence-electron chi connectivity index (χ0n) is 8.13. The topological polar surface area (TPSA) is 58.3 Å². The lowest BCUT2D eigenvalue weighted by Gasteiger charge is -2.12. The quantitative estimate of drug-likeness (QED) is 0.767. The number of hydrogen-bond acceptors (Lipinski definition) is 3. The number of hydrogen-bond donors (Lipinski definition) is 3. The lowest BCUT2D eigenvalue weighted by Crippen LogP contribution is -2.27. The molecule has 14 heavy (non-hydrogen) atoms. The van der Waals surface area contributed by atoms with Crippen molar-refractivity contribution in [2.75, 3.05) is 18.4 Å². The maximum Gasteiger partial charge on any atom is 0.0834 e. The minimum Gasteiger partial charge on any atom is -0.390 e. The standard InChI is InChI=1S/C10H15BrN2O/c1-7-2-3-8(11)4-10(7)13-6-9(14)5-12/h2-4,9,13-14H,5-6,12H2,1H3. The minimum atomic E-state index is -0.492. The normalized spacial score (nSPS) is 12.6. The van der Waals surface area contributed by atoms with Crippen LogP contribution in [0, 0.1) is 6.92 Å². The largest absolute Gasteiger partial charge is 0.390 e. The van der Waals surface area contributed by atoms with Crippen LogP contribution in [0.5, 0.6) is 0 Å². The summed E-state index contributed by atoms with van der Waals surface area (Å²) in [6.45, 7) is 2.78. The Hall–Kier alpha value is -0.580. The number of aliphatic hydroxyl groups excluding tert-OH is 1. The van der Waals surface area contributed by atoms with Crippen LogP contribution in [0.15, 0.2) is 22.7 Å². The van der Waals surface area contributed by atoms with E-state index >= 15 is 0 Å². The molecule has 0 aromatic heterocycles. The fraction of sp³-hybridized carbons (Fsp3) is 0.400. The molecule has 0 spiro atoms. The second-order valence-corrected chi connectivity index (χ2v) is 4.15. The Labute approximate surface area is 92.4 Å². The van der Waals surface area contributed by atoms with E-state index in [4.69, 9.17) is 5.73 Å². The predicted molar refractivity (Wildman–Crippen MR) is 62.4 cm³/mol. The van der Waals surface area contributed by atoms with Gasteiger partial charge in [0.25, 0.3) is 0 Å². The van der Waals surface area contributed by atoms with E-state index in [-0.39, 0.29) is 6.54 Å². The summed E-state index contributed by atoms with van der Waals surface area (Å²) in [5.41, 5.74) is 7.48. The summed E-state index contributed by atoms with van der Waals surface area (Å²) in [6, 6.07) is 5.99. The maximum atomic E-state index is 9.28. The SMILES string of the molecule is Cc1ccc(Br)cc1NCC(O)CN. The number of nitrogens with two attached hydrogens (primary N) is 1. The molecule has 0 aliphatic rings. The van der Waals surface area contributed by atoms with Crippen LogP contribution in [0.25, 0.3) is 0 Å². The average Bonchev–Trinajstić information content (AvgIpc) is 2.19. The van der Waals surface area contributed by atoms with Crippen molar-refractivity contribution in [2.45, 2.75) is 13.0 Å². The summed E-state index contributed by atoms with van der Waals surface area (Å²) in [6.07, 6.45) is -0.492. The fourth-order valence-corrected chi connectivity index (χ4v) is 1.46. The number of benzene rings is 1. The van der Waals surface area contributed by atoms with Gasteiger partial charge in [-0.15, -0.1) is 0 Å². The first-order valence-electron chi connectivity index (χ1n) is 4.51. The first-order chi connectivity index (χ1) is 6.63. The maximum absolute atomic E-state index is 9.28. The van der Waals surface area contributed by atoms with Crippen molar-refractivity contribution in [3.8, 4) is 0 Å². The Kier molecular flexibility index (Phi) is 4.38. The van der Waals surface area contributed by atoms with Crippen molar-refractivity contribution in [3.05, 3.63) is 28.2 Å². The van der Waals surface area contributed by atoms with E-state index in [0.29, 0.717) is 6.54 Å². The van der Waals surface area contributed by atoms with Crippen LogP contribution in [-0.2, 0) is 0 Å². The molecule has 0 aliphatic carbocycles. The predicted octanol–water partition coefficient (Wildman–Crippen LogP) is 1.49. The molecule has 0 fully saturated rings. The van der Waals surface area contributed by atoms with Crippen LogP contribution in [0.2, 0.25) is 0 Å². The molecule has 0 radical (unpaired) electrons. The molecule has 0 amide bonds. The third-order valence-electron chi connectivity index (χ3n) is 2.00. The van der Waals surface area contributed by atoms with E-state index in [2.05, 4.69) is 21.2 Å². The molecule has 78 valence electrons. The van der Waals surface area contributed by atoms with Gasteiger partial charge in [0.2, 0.25) is 0 Å². The molecule has 3 nitrogen and oxygen atoms in total. The molecule has 0 heterocycles. The highest BCUT2D eigenvalue weighted by Crippen LogP contribution is 2.20. The van der Waals surface area contributed by atoms with Gasteiger partial charge in [0.05, 0.1) is 6.10 Å². The highest BCUT2D eigenvalue weighted by molar-refractivity contribution is 9.10. The smallest absolute Gasteiger partial charge is 0.0834 e. The van der Waals surface area contributed by atoms with Gasteiger partial charge in [-0.25, -0.2) is 0 Å². The van der Waals surface area contributed by atoms with E-state index < -0.39 is 6.10 Å². The molecule has 0 saturated heterocycles.